The fraction of sp³-hybridized carbons (Fsp3) is 0.444. The number of anilines is 1. The van der Waals surface area contributed by atoms with E-state index in [0.29, 0.717) is 0 Å². The fourth-order valence-electron chi connectivity index (χ4n) is 1.08. The average Bonchev–Trinajstić information content (AvgIpc) is 2.28. The third kappa shape index (κ3) is 2.80. The van der Waals surface area contributed by atoms with Crippen LogP contribution in [0.5, 0.6) is 5.88 Å². The number of rotatable bonds is 5. The van der Waals surface area contributed by atoms with Gasteiger partial charge in [0.2, 0.25) is 11.7 Å². The number of aliphatic hydroxyl groups is 1. The molecule has 2 N–H and O–H groups in total. The third-order valence-corrected chi connectivity index (χ3v) is 1.91. The number of hydrogen-bond acceptors (Lipinski definition) is 6. The van der Waals surface area contributed by atoms with E-state index >= 15 is 0 Å². The minimum Gasteiger partial charge on any atom is -0.481 e. The highest BCUT2D eigenvalue weighted by atomic mass is 16.6. The molecule has 0 aliphatic rings. The Morgan fingerprint density at radius 2 is 2.38 bits per heavy atom. The maximum absolute atomic E-state index is 10.7. The first-order chi connectivity index (χ1) is 7.58. The van der Waals surface area contributed by atoms with Gasteiger partial charge in [-0.1, -0.05) is 0 Å². The first-order valence-electron chi connectivity index (χ1n) is 4.65. The van der Waals surface area contributed by atoms with Crippen molar-refractivity contribution in [3.05, 3.63) is 22.2 Å². The van der Waals surface area contributed by atoms with Gasteiger partial charge in [0.25, 0.3) is 0 Å². The maximum atomic E-state index is 10.7. The highest BCUT2D eigenvalue weighted by molar-refractivity contribution is 5.57. The van der Waals surface area contributed by atoms with E-state index in [1.807, 2.05) is 0 Å². The van der Waals surface area contributed by atoms with Crippen LogP contribution in [-0.2, 0) is 0 Å². The minimum absolute atomic E-state index is 0.0888. The van der Waals surface area contributed by atoms with E-state index in [-0.39, 0.29) is 30.0 Å². The molecule has 7 heteroatoms. The molecule has 1 atom stereocenters. The number of ether oxygens (including phenoxy) is 1. The van der Waals surface area contributed by atoms with Crippen molar-refractivity contribution >= 4 is 11.5 Å². The van der Waals surface area contributed by atoms with Gasteiger partial charge in [0.05, 0.1) is 18.6 Å². The Kier molecular flexibility index (Phi) is 4.01. The molecule has 7 nitrogen and oxygen atoms in total. The van der Waals surface area contributed by atoms with E-state index in [9.17, 15) is 10.1 Å². The van der Waals surface area contributed by atoms with E-state index in [2.05, 4.69) is 10.3 Å². The lowest BCUT2D eigenvalue weighted by Crippen LogP contribution is -2.20. The number of nitro groups is 1. The van der Waals surface area contributed by atoms with Crippen molar-refractivity contribution in [3.8, 4) is 5.88 Å². The van der Waals surface area contributed by atoms with Crippen LogP contribution in [-0.4, -0.2) is 34.8 Å². The zero-order chi connectivity index (χ0) is 12.1. The predicted molar refractivity (Wildman–Crippen MR) is 57.6 cm³/mol. The zero-order valence-corrected chi connectivity index (χ0v) is 9.01. The monoisotopic (exact) mass is 227 g/mol. The highest BCUT2D eigenvalue weighted by Crippen LogP contribution is 2.25. The molecular weight excluding hydrogens is 214 g/mol. The van der Waals surface area contributed by atoms with Crippen LogP contribution in [0.2, 0.25) is 0 Å². The number of aliphatic hydroxyl groups excluding tert-OH is 1. The fourth-order valence-corrected chi connectivity index (χ4v) is 1.08. The lowest BCUT2D eigenvalue weighted by atomic mass is 10.3. The van der Waals surface area contributed by atoms with E-state index < -0.39 is 4.92 Å². The molecule has 1 heterocycles. The standard InChI is InChI=1S/C9H13N3O4/c1-6(5-13)10-9-7(12(14)15)3-4-8(11-9)16-2/h3-4,6,13H,5H2,1-2H3,(H,10,11). The summed E-state index contributed by atoms with van der Waals surface area (Å²) in [4.78, 5) is 14.1. The maximum Gasteiger partial charge on any atom is 0.311 e. The topological polar surface area (TPSA) is 97.5 Å². The molecule has 0 bridgehead atoms. The first kappa shape index (κ1) is 12.2. The lowest BCUT2D eigenvalue weighted by molar-refractivity contribution is -0.384. The largest absolute Gasteiger partial charge is 0.481 e. The summed E-state index contributed by atoms with van der Waals surface area (Å²) in [6.07, 6.45) is 0. The van der Waals surface area contributed by atoms with Gasteiger partial charge >= 0.3 is 5.69 Å². The molecule has 0 saturated carbocycles. The highest BCUT2D eigenvalue weighted by Gasteiger charge is 2.17. The van der Waals surface area contributed by atoms with E-state index in [0.717, 1.165) is 0 Å². The van der Waals surface area contributed by atoms with Crippen LogP contribution in [0.1, 0.15) is 6.92 Å². The molecule has 0 spiro atoms. The quantitative estimate of drug-likeness (QED) is 0.570. The van der Waals surface area contributed by atoms with Gasteiger partial charge < -0.3 is 15.2 Å². The summed E-state index contributed by atoms with van der Waals surface area (Å²) in [7, 11) is 1.42. The number of pyridine rings is 1. The van der Waals surface area contributed by atoms with Crippen molar-refractivity contribution < 1.29 is 14.8 Å². The zero-order valence-electron chi connectivity index (χ0n) is 9.01. The van der Waals surface area contributed by atoms with Crippen molar-refractivity contribution in [2.45, 2.75) is 13.0 Å². The Bertz CT molecular complexity index is 383. The molecule has 0 radical (unpaired) electrons. The second-order valence-electron chi connectivity index (χ2n) is 3.21. The summed E-state index contributed by atoms with van der Waals surface area (Å²) >= 11 is 0. The lowest BCUT2D eigenvalue weighted by Gasteiger charge is -2.12. The normalized spacial score (nSPS) is 11.9. The van der Waals surface area contributed by atoms with E-state index in [4.69, 9.17) is 9.84 Å². The summed E-state index contributed by atoms with van der Waals surface area (Å²) in [5, 5.41) is 22.3. The van der Waals surface area contributed by atoms with Gasteiger partial charge in [-0.05, 0) is 6.92 Å². The summed E-state index contributed by atoms with van der Waals surface area (Å²) in [6, 6.07) is 2.39. The average molecular weight is 227 g/mol. The van der Waals surface area contributed by atoms with Crippen LogP contribution in [0.15, 0.2) is 12.1 Å². The number of aromatic nitrogens is 1. The Balaban J connectivity index is 3.05. The summed E-state index contributed by atoms with van der Waals surface area (Å²) in [5.74, 6) is 0.365. The molecular formula is C9H13N3O4. The van der Waals surface area contributed by atoms with Gasteiger partial charge in [-0.25, -0.2) is 0 Å². The van der Waals surface area contributed by atoms with Crippen LogP contribution in [0, 0.1) is 10.1 Å². The first-order valence-corrected chi connectivity index (χ1v) is 4.65. The van der Waals surface area contributed by atoms with Gasteiger partial charge in [0.15, 0.2) is 0 Å². The Hall–Kier alpha value is -1.89. The van der Waals surface area contributed by atoms with E-state index in [1.165, 1.54) is 19.2 Å². The molecule has 0 fully saturated rings. The number of nitrogens with zero attached hydrogens (tertiary/aromatic N) is 2. The molecule has 1 aromatic heterocycles. The molecule has 0 amide bonds. The van der Waals surface area contributed by atoms with Crippen molar-refractivity contribution in [2.75, 3.05) is 19.0 Å². The van der Waals surface area contributed by atoms with Crippen molar-refractivity contribution in [2.24, 2.45) is 0 Å². The Labute approximate surface area is 92.2 Å². The minimum atomic E-state index is -0.543. The molecule has 0 aliphatic heterocycles. The molecule has 1 aromatic rings. The van der Waals surface area contributed by atoms with Crippen molar-refractivity contribution in [3.63, 3.8) is 0 Å². The van der Waals surface area contributed by atoms with Gasteiger partial charge in [-0.2, -0.15) is 4.98 Å². The summed E-state index contributed by atoms with van der Waals surface area (Å²) in [6.45, 7) is 1.54. The van der Waals surface area contributed by atoms with Crippen LogP contribution >= 0.6 is 0 Å². The van der Waals surface area contributed by atoms with E-state index in [1.54, 1.807) is 6.92 Å². The molecule has 1 rings (SSSR count). The molecule has 0 aliphatic carbocycles. The summed E-state index contributed by atoms with van der Waals surface area (Å²) in [5.41, 5.74) is -0.152. The number of nitrogens with one attached hydrogen (secondary N) is 1. The van der Waals surface area contributed by atoms with Gasteiger partial charge in [0, 0.05) is 18.2 Å². The van der Waals surface area contributed by atoms with Gasteiger partial charge in [0.1, 0.15) is 0 Å². The van der Waals surface area contributed by atoms with Crippen molar-refractivity contribution in [1.82, 2.24) is 4.98 Å². The second kappa shape index (κ2) is 5.26. The van der Waals surface area contributed by atoms with Crippen LogP contribution in [0.4, 0.5) is 11.5 Å². The van der Waals surface area contributed by atoms with Gasteiger partial charge in [-0.3, -0.25) is 10.1 Å². The smallest absolute Gasteiger partial charge is 0.311 e. The molecule has 88 valence electrons. The second-order valence-corrected chi connectivity index (χ2v) is 3.21. The molecule has 1 unspecified atom stereocenters. The number of hydrogen-bond donors (Lipinski definition) is 2. The molecule has 0 aromatic carbocycles. The van der Waals surface area contributed by atoms with Crippen LogP contribution in [0.25, 0.3) is 0 Å². The van der Waals surface area contributed by atoms with Crippen molar-refractivity contribution in [1.29, 1.82) is 0 Å². The third-order valence-electron chi connectivity index (χ3n) is 1.91. The molecule has 0 saturated heterocycles. The van der Waals surface area contributed by atoms with Crippen LogP contribution in [0.3, 0.4) is 0 Å². The van der Waals surface area contributed by atoms with Gasteiger partial charge in [-0.15, -0.1) is 0 Å². The SMILES string of the molecule is COc1ccc([N+](=O)[O-])c(NC(C)CO)n1. The predicted octanol–water partition coefficient (Wildman–Crippen LogP) is 0.791. The Morgan fingerprint density at radius 3 is 2.88 bits per heavy atom. The summed E-state index contributed by atoms with van der Waals surface area (Å²) < 4.78 is 4.87. The Morgan fingerprint density at radius 1 is 1.69 bits per heavy atom. The number of methoxy groups -OCH3 is 1. The van der Waals surface area contributed by atoms with Crippen LogP contribution < -0.4 is 10.1 Å². The molecule has 16 heavy (non-hydrogen) atoms.